The normalized spacial score (nSPS) is 11.8. The number of aryl methyl sites for hydroxylation is 1. The largest absolute Gasteiger partial charge is 0.434 e. The number of alkyl halides is 4. The van der Waals surface area contributed by atoms with Gasteiger partial charge in [-0.2, -0.15) is 13.2 Å². The highest BCUT2D eigenvalue weighted by Gasteiger charge is 2.34. The molecule has 0 saturated carbocycles. The van der Waals surface area contributed by atoms with Gasteiger partial charge in [0.05, 0.1) is 6.54 Å². The van der Waals surface area contributed by atoms with Gasteiger partial charge >= 0.3 is 6.18 Å². The highest BCUT2D eigenvalue weighted by molar-refractivity contribution is 5.59. The summed E-state index contributed by atoms with van der Waals surface area (Å²) in [5.41, 5.74) is 5.42. The number of hydrogen-bond donors (Lipinski definition) is 1. The standard InChI is InChI=1S/C12H11F4N3/c13-5-6-19-7-10(12(14,15)16)18-11(19)8-1-3-9(17)4-2-8/h1-4,7H,5-6,17H2. The van der Waals surface area contributed by atoms with E-state index in [1.807, 2.05) is 0 Å². The van der Waals surface area contributed by atoms with Crippen molar-refractivity contribution in [2.45, 2.75) is 12.7 Å². The third-order valence-corrected chi connectivity index (χ3v) is 2.56. The molecule has 7 heteroatoms. The first-order valence-corrected chi connectivity index (χ1v) is 5.48. The molecule has 0 saturated heterocycles. The monoisotopic (exact) mass is 273 g/mol. The molecule has 0 atom stereocenters. The lowest BCUT2D eigenvalue weighted by Crippen LogP contribution is -2.05. The Morgan fingerprint density at radius 2 is 1.79 bits per heavy atom. The molecule has 0 spiro atoms. The van der Waals surface area contributed by atoms with Crippen molar-refractivity contribution in [3.8, 4) is 11.4 Å². The van der Waals surface area contributed by atoms with E-state index in [4.69, 9.17) is 5.73 Å². The van der Waals surface area contributed by atoms with Crippen molar-refractivity contribution in [1.29, 1.82) is 0 Å². The number of halogens is 4. The van der Waals surface area contributed by atoms with Crippen LogP contribution in [0.2, 0.25) is 0 Å². The molecule has 19 heavy (non-hydrogen) atoms. The summed E-state index contributed by atoms with van der Waals surface area (Å²) in [6.45, 7) is -0.946. The van der Waals surface area contributed by atoms with Crippen LogP contribution in [0, 0.1) is 0 Å². The molecular weight excluding hydrogens is 262 g/mol. The predicted molar refractivity (Wildman–Crippen MR) is 63.1 cm³/mol. The maximum absolute atomic E-state index is 12.6. The fourth-order valence-corrected chi connectivity index (χ4v) is 1.68. The van der Waals surface area contributed by atoms with E-state index in [0.29, 0.717) is 11.3 Å². The third kappa shape index (κ3) is 2.86. The summed E-state index contributed by atoms with van der Waals surface area (Å²) in [6.07, 6.45) is -3.74. The molecule has 0 unspecified atom stereocenters. The Hall–Kier alpha value is -2.05. The van der Waals surface area contributed by atoms with Crippen LogP contribution in [0.5, 0.6) is 0 Å². The number of benzene rings is 1. The predicted octanol–water partition coefficient (Wildman–Crippen LogP) is 3.12. The third-order valence-electron chi connectivity index (χ3n) is 2.56. The van der Waals surface area contributed by atoms with E-state index < -0.39 is 18.5 Å². The molecule has 0 bridgehead atoms. The second kappa shape index (κ2) is 4.91. The van der Waals surface area contributed by atoms with Crippen molar-refractivity contribution in [2.24, 2.45) is 0 Å². The van der Waals surface area contributed by atoms with Crippen LogP contribution in [0.1, 0.15) is 5.69 Å². The maximum Gasteiger partial charge on any atom is 0.434 e. The number of nitrogens with zero attached hydrogens (tertiary/aromatic N) is 2. The first-order chi connectivity index (χ1) is 8.91. The van der Waals surface area contributed by atoms with Crippen molar-refractivity contribution >= 4 is 5.69 Å². The molecule has 3 nitrogen and oxygen atoms in total. The van der Waals surface area contributed by atoms with Crippen molar-refractivity contribution < 1.29 is 17.6 Å². The molecule has 0 radical (unpaired) electrons. The van der Waals surface area contributed by atoms with E-state index in [-0.39, 0.29) is 12.4 Å². The molecule has 0 fully saturated rings. The molecule has 102 valence electrons. The van der Waals surface area contributed by atoms with Gasteiger partial charge in [0, 0.05) is 17.4 Å². The molecule has 2 rings (SSSR count). The zero-order valence-electron chi connectivity index (χ0n) is 9.78. The molecule has 1 aromatic carbocycles. The summed E-state index contributed by atoms with van der Waals surface area (Å²) in [6, 6.07) is 6.20. The number of hydrogen-bond acceptors (Lipinski definition) is 2. The van der Waals surface area contributed by atoms with E-state index >= 15 is 0 Å². The lowest BCUT2D eigenvalue weighted by Gasteiger charge is -2.05. The Labute approximate surface area is 106 Å². The van der Waals surface area contributed by atoms with Crippen LogP contribution < -0.4 is 5.73 Å². The number of nitrogen functional groups attached to an aromatic ring is 1. The Morgan fingerprint density at radius 3 is 2.32 bits per heavy atom. The van der Waals surface area contributed by atoms with Crippen molar-refractivity contribution in [1.82, 2.24) is 9.55 Å². The second-order valence-corrected chi connectivity index (χ2v) is 3.95. The zero-order chi connectivity index (χ0) is 14.0. The lowest BCUT2D eigenvalue weighted by molar-refractivity contribution is -0.140. The van der Waals surface area contributed by atoms with Crippen LogP contribution >= 0.6 is 0 Å². The summed E-state index contributed by atoms with van der Waals surface area (Å²) in [5.74, 6) is 0.0741. The van der Waals surface area contributed by atoms with Crippen molar-refractivity contribution in [3.05, 3.63) is 36.2 Å². The van der Waals surface area contributed by atoms with E-state index in [9.17, 15) is 17.6 Å². The Morgan fingerprint density at radius 1 is 1.16 bits per heavy atom. The highest BCUT2D eigenvalue weighted by atomic mass is 19.4. The molecule has 2 aromatic rings. The van der Waals surface area contributed by atoms with Gasteiger partial charge in [-0.15, -0.1) is 0 Å². The number of anilines is 1. The van der Waals surface area contributed by atoms with Gasteiger partial charge in [-0.3, -0.25) is 0 Å². The van der Waals surface area contributed by atoms with E-state index in [2.05, 4.69) is 4.98 Å². The van der Waals surface area contributed by atoms with Gasteiger partial charge in [-0.25, -0.2) is 9.37 Å². The number of imidazole rings is 1. The topological polar surface area (TPSA) is 43.8 Å². The average molecular weight is 273 g/mol. The molecule has 0 amide bonds. The molecule has 1 heterocycles. The van der Waals surface area contributed by atoms with Crippen LogP contribution in [0.3, 0.4) is 0 Å². The Bertz CT molecular complexity index is 557. The number of nitrogens with two attached hydrogens (primary N) is 1. The first-order valence-electron chi connectivity index (χ1n) is 5.48. The first kappa shape index (κ1) is 13.4. The lowest BCUT2D eigenvalue weighted by atomic mass is 10.2. The average Bonchev–Trinajstić information content (AvgIpc) is 2.74. The highest BCUT2D eigenvalue weighted by Crippen LogP contribution is 2.31. The minimum Gasteiger partial charge on any atom is -0.399 e. The summed E-state index contributed by atoms with van der Waals surface area (Å²) >= 11 is 0. The summed E-state index contributed by atoms with van der Waals surface area (Å²) in [4.78, 5) is 3.53. The van der Waals surface area contributed by atoms with Gasteiger partial charge in [0.25, 0.3) is 0 Å². The Balaban J connectivity index is 2.48. The SMILES string of the molecule is Nc1ccc(-c2nc(C(F)(F)F)cn2CCF)cc1. The van der Waals surface area contributed by atoms with E-state index in [1.165, 1.54) is 0 Å². The van der Waals surface area contributed by atoms with Gasteiger partial charge in [0.2, 0.25) is 0 Å². The van der Waals surface area contributed by atoms with Crippen LogP contribution in [0.15, 0.2) is 30.5 Å². The van der Waals surface area contributed by atoms with Crippen LogP contribution in [-0.2, 0) is 12.7 Å². The van der Waals surface area contributed by atoms with Crippen molar-refractivity contribution in [3.63, 3.8) is 0 Å². The van der Waals surface area contributed by atoms with Crippen LogP contribution in [0.4, 0.5) is 23.2 Å². The van der Waals surface area contributed by atoms with Crippen LogP contribution in [0.25, 0.3) is 11.4 Å². The zero-order valence-corrected chi connectivity index (χ0v) is 9.78. The van der Waals surface area contributed by atoms with E-state index in [1.54, 1.807) is 24.3 Å². The summed E-state index contributed by atoms with van der Waals surface area (Å²) in [7, 11) is 0. The minimum absolute atomic E-state index is 0.0741. The van der Waals surface area contributed by atoms with Gasteiger partial charge < -0.3 is 10.3 Å². The summed E-state index contributed by atoms with van der Waals surface area (Å²) < 4.78 is 51.4. The number of aromatic nitrogens is 2. The van der Waals surface area contributed by atoms with Crippen molar-refractivity contribution in [2.75, 3.05) is 12.4 Å². The van der Waals surface area contributed by atoms with Gasteiger partial charge in [-0.1, -0.05) is 0 Å². The van der Waals surface area contributed by atoms with E-state index in [0.717, 1.165) is 10.8 Å². The quantitative estimate of drug-likeness (QED) is 0.689. The maximum atomic E-state index is 12.6. The molecular formula is C12H11F4N3. The number of rotatable bonds is 3. The molecule has 0 aliphatic carbocycles. The Kier molecular flexibility index (Phi) is 3.46. The second-order valence-electron chi connectivity index (χ2n) is 3.95. The van der Waals surface area contributed by atoms with Crippen LogP contribution in [-0.4, -0.2) is 16.2 Å². The molecule has 2 N–H and O–H groups in total. The summed E-state index contributed by atoms with van der Waals surface area (Å²) in [5, 5.41) is 0. The molecule has 0 aliphatic heterocycles. The fourth-order valence-electron chi connectivity index (χ4n) is 1.68. The fraction of sp³-hybridized carbons (Fsp3) is 0.250. The van der Waals surface area contributed by atoms with Gasteiger partial charge in [0.15, 0.2) is 5.69 Å². The smallest absolute Gasteiger partial charge is 0.399 e. The molecule has 1 aromatic heterocycles. The molecule has 0 aliphatic rings. The van der Waals surface area contributed by atoms with Gasteiger partial charge in [-0.05, 0) is 24.3 Å². The van der Waals surface area contributed by atoms with Gasteiger partial charge in [0.1, 0.15) is 12.5 Å². The minimum atomic E-state index is -4.55.